The maximum absolute atomic E-state index is 12.3. The molecule has 0 bridgehead atoms. The molecule has 23 heavy (non-hydrogen) atoms. The first kappa shape index (κ1) is 13.6. The summed E-state index contributed by atoms with van der Waals surface area (Å²) in [5, 5.41) is 12.2. The van der Waals surface area contributed by atoms with E-state index in [0.29, 0.717) is 29.7 Å². The van der Waals surface area contributed by atoms with Crippen LogP contribution in [0.25, 0.3) is 10.7 Å². The first-order valence-corrected chi connectivity index (χ1v) is 7.84. The minimum atomic E-state index is -0.213. The van der Waals surface area contributed by atoms with E-state index < -0.39 is 0 Å². The maximum atomic E-state index is 12.3. The number of pyridine rings is 1. The van der Waals surface area contributed by atoms with Crippen LogP contribution in [-0.2, 0) is 11.3 Å². The molecule has 0 saturated carbocycles. The molecule has 3 aromatic heterocycles. The zero-order valence-corrected chi connectivity index (χ0v) is 12.7. The first-order valence-electron chi connectivity index (χ1n) is 6.96. The van der Waals surface area contributed by atoms with Crippen molar-refractivity contribution in [3.8, 4) is 10.7 Å². The SMILES string of the molecule is O=C(Nc1ccccn1)C1=CNc2nc(-c3cccs3)nn2C1. The minimum Gasteiger partial charge on any atom is -0.330 e. The van der Waals surface area contributed by atoms with Crippen molar-refractivity contribution < 1.29 is 4.79 Å². The largest absolute Gasteiger partial charge is 0.330 e. The molecule has 1 amide bonds. The van der Waals surface area contributed by atoms with Gasteiger partial charge in [-0.15, -0.1) is 16.4 Å². The van der Waals surface area contributed by atoms with Crippen LogP contribution in [-0.4, -0.2) is 25.7 Å². The monoisotopic (exact) mass is 324 g/mol. The standard InChI is InChI=1S/C15H12N6OS/c22-14(18-12-5-1-2-6-16-12)10-8-17-15-19-13(20-21(15)9-10)11-4-3-7-23-11/h1-8H,9H2,(H,16,18,22)(H,17,19,20). The van der Waals surface area contributed by atoms with Crippen LogP contribution in [0, 0.1) is 0 Å². The molecule has 0 radical (unpaired) electrons. The zero-order valence-electron chi connectivity index (χ0n) is 11.9. The topological polar surface area (TPSA) is 84.7 Å². The van der Waals surface area contributed by atoms with Gasteiger partial charge in [-0.3, -0.25) is 4.79 Å². The first-order chi connectivity index (χ1) is 11.3. The van der Waals surface area contributed by atoms with Crippen LogP contribution in [0.3, 0.4) is 0 Å². The van der Waals surface area contributed by atoms with Crippen molar-refractivity contribution in [3.63, 3.8) is 0 Å². The number of carbonyl (C=O) groups excluding carboxylic acids is 1. The van der Waals surface area contributed by atoms with Gasteiger partial charge in [0.05, 0.1) is 17.0 Å². The van der Waals surface area contributed by atoms with Gasteiger partial charge in [-0.25, -0.2) is 9.67 Å². The van der Waals surface area contributed by atoms with Crippen LogP contribution in [0.5, 0.6) is 0 Å². The van der Waals surface area contributed by atoms with Crippen LogP contribution in [0.1, 0.15) is 0 Å². The summed E-state index contributed by atoms with van der Waals surface area (Å²) in [5.41, 5.74) is 0.561. The average molecular weight is 324 g/mol. The Morgan fingerprint density at radius 3 is 3.04 bits per heavy atom. The van der Waals surface area contributed by atoms with Crippen LogP contribution >= 0.6 is 11.3 Å². The second-order valence-corrected chi connectivity index (χ2v) is 5.82. The summed E-state index contributed by atoms with van der Waals surface area (Å²) in [6.07, 6.45) is 3.28. The molecule has 1 aliphatic heterocycles. The lowest BCUT2D eigenvalue weighted by atomic mass is 10.2. The normalized spacial score (nSPS) is 13.0. The smallest absolute Gasteiger partial charge is 0.256 e. The average Bonchev–Trinajstić information content (AvgIpc) is 3.24. The highest BCUT2D eigenvalue weighted by Crippen LogP contribution is 2.24. The number of rotatable bonds is 3. The lowest BCUT2D eigenvalue weighted by Gasteiger charge is -2.14. The van der Waals surface area contributed by atoms with E-state index in [-0.39, 0.29) is 5.91 Å². The van der Waals surface area contributed by atoms with E-state index >= 15 is 0 Å². The zero-order chi connectivity index (χ0) is 15.6. The van der Waals surface area contributed by atoms with Gasteiger partial charge in [0.25, 0.3) is 5.91 Å². The van der Waals surface area contributed by atoms with Gasteiger partial charge in [0.2, 0.25) is 5.95 Å². The van der Waals surface area contributed by atoms with Crippen molar-refractivity contribution in [1.29, 1.82) is 0 Å². The number of aromatic nitrogens is 4. The Bertz CT molecular complexity index is 869. The molecule has 0 spiro atoms. The minimum absolute atomic E-state index is 0.213. The second-order valence-electron chi connectivity index (χ2n) is 4.88. The van der Waals surface area contributed by atoms with Crippen molar-refractivity contribution in [2.24, 2.45) is 0 Å². The summed E-state index contributed by atoms with van der Waals surface area (Å²) in [4.78, 5) is 21.8. The van der Waals surface area contributed by atoms with Gasteiger partial charge in [-0.2, -0.15) is 4.98 Å². The van der Waals surface area contributed by atoms with Crippen LogP contribution < -0.4 is 10.6 Å². The predicted molar refractivity (Wildman–Crippen MR) is 87.9 cm³/mol. The predicted octanol–water partition coefficient (Wildman–Crippen LogP) is 2.35. The Morgan fingerprint density at radius 2 is 2.26 bits per heavy atom. The van der Waals surface area contributed by atoms with Gasteiger partial charge in [0.15, 0.2) is 5.82 Å². The van der Waals surface area contributed by atoms with Crippen molar-refractivity contribution in [3.05, 3.63) is 53.7 Å². The van der Waals surface area contributed by atoms with Crippen molar-refractivity contribution in [2.75, 3.05) is 10.6 Å². The number of fused-ring (bicyclic) bond motifs is 1. The summed E-state index contributed by atoms with van der Waals surface area (Å²) in [6, 6.07) is 9.28. The highest BCUT2D eigenvalue weighted by molar-refractivity contribution is 7.13. The lowest BCUT2D eigenvalue weighted by molar-refractivity contribution is -0.113. The van der Waals surface area contributed by atoms with Gasteiger partial charge >= 0.3 is 0 Å². The Balaban J connectivity index is 1.51. The third-order valence-electron chi connectivity index (χ3n) is 3.31. The molecular formula is C15H12N6OS. The number of amides is 1. The molecule has 2 N–H and O–H groups in total. The van der Waals surface area contributed by atoms with E-state index in [9.17, 15) is 4.79 Å². The highest BCUT2D eigenvalue weighted by atomic mass is 32.1. The third-order valence-corrected chi connectivity index (χ3v) is 4.17. The molecule has 7 nitrogen and oxygen atoms in total. The number of hydrogen-bond acceptors (Lipinski definition) is 6. The molecule has 0 aromatic carbocycles. The summed E-state index contributed by atoms with van der Waals surface area (Å²) < 4.78 is 1.68. The summed E-state index contributed by atoms with van der Waals surface area (Å²) in [7, 11) is 0. The molecule has 0 unspecified atom stereocenters. The Labute approximate surface area is 135 Å². The number of nitrogens with zero attached hydrogens (tertiary/aromatic N) is 4. The molecule has 4 rings (SSSR count). The molecule has 0 atom stereocenters. The van der Waals surface area contributed by atoms with Crippen molar-refractivity contribution in [1.82, 2.24) is 19.7 Å². The number of hydrogen-bond donors (Lipinski definition) is 2. The van der Waals surface area contributed by atoms with Gasteiger partial charge in [-0.1, -0.05) is 12.1 Å². The molecule has 1 aliphatic rings. The van der Waals surface area contributed by atoms with Gasteiger partial charge in [0.1, 0.15) is 5.82 Å². The molecular weight excluding hydrogens is 312 g/mol. The fraction of sp³-hybridized carbons (Fsp3) is 0.0667. The van der Waals surface area contributed by atoms with E-state index in [4.69, 9.17) is 0 Å². The van der Waals surface area contributed by atoms with E-state index in [2.05, 4.69) is 25.7 Å². The third kappa shape index (κ3) is 2.71. The highest BCUT2D eigenvalue weighted by Gasteiger charge is 2.20. The molecule has 4 heterocycles. The van der Waals surface area contributed by atoms with Gasteiger partial charge in [-0.05, 0) is 23.6 Å². The number of thiophene rings is 1. The quantitative estimate of drug-likeness (QED) is 0.772. The second kappa shape index (κ2) is 5.65. The summed E-state index contributed by atoms with van der Waals surface area (Å²) in [6.45, 7) is 0.360. The molecule has 0 saturated heterocycles. The Hall–Kier alpha value is -3.00. The van der Waals surface area contributed by atoms with Crippen LogP contribution in [0.4, 0.5) is 11.8 Å². The number of nitrogens with one attached hydrogen (secondary N) is 2. The fourth-order valence-electron chi connectivity index (χ4n) is 2.20. The van der Waals surface area contributed by atoms with E-state index in [0.717, 1.165) is 4.88 Å². The maximum Gasteiger partial charge on any atom is 0.256 e. The van der Waals surface area contributed by atoms with Crippen LogP contribution in [0.2, 0.25) is 0 Å². The lowest BCUT2D eigenvalue weighted by Crippen LogP contribution is -2.23. The van der Waals surface area contributed by atoms with Gasteiger partial charge < -0.3 is 10.6 Å². The number of anilines is 2. The fourth-order valence-corrected chi connectivity index (χ4v) is 2.85. The van der Waals surface area contributed by atoms with E-state index in [1.165, 1.54) is 0 Å². The summed E-state index contributed by atoms with van der Waals surface area (Å²) >= 11 is 1.58. The van der Waals surface area contributed by atoms with E-state index in [1.807, 2.05) is 23.6 Å². The molecule has 0 fully saturated rings. The summed E-state index contributed by atoms with van der Waals surface area (Å²) in [5.74, 6) is 1.59. The number of carbonyl (C=O) groups is 1. The molecule has 3 aromatic rings. The van der Waals surface area contributed by atoms with Crippen molar-refractivity contribution in [2.45, 2.75) is 6.54 Å². The molecule has 114 valence electrons. The molecule has 8 heteroatoms. The Kier molecular flexibility index (Phi) is 3.35. The van der Waals surface area contributed by atoms with Crippen LogP contribution in [0.15, 0.2) is 53.7 Å². The van der Waals surface area contributed by atoms with Crippen molar-refractivity contribution >= 4 is 29.0 Å². The molecule has 0 aliphatic carbocycles. The van der Waals surface area contributed by atoms with Gasteiger partial charge in [0, 0.05) is 12.4 Å². The van der Waals surface area contributed by atoms with E-state index in [1.54, 1.807) is 40.5 Å². The Morgan fingerprint density at radius 1 is 1.30 bits per heavy atom.